The maximum absolute atomic E-state index is 12.5. The Hall–Kier alpha value is -2.53. The van der Waals surface area contributed by atoms with Crippen LogP contribution in [0.2, 0.25) is 0 Å². The molecular weight excluding hydrogens is 298 g/mol. The van der Waals surface area contributed by atoms with Gasteiger partial charge in [0.15, 0.2) is 0 Å². The van der Waals surface area contributed by atoms with E-state index in [0.717, 1.165) is 11.3 Å². The molecule has 0 aliphatic carbocycles. The number of hydrogen-bond acceptors (Lipinski definition) is 4. The van der Waals surface area contributed by atoms with E-state index in [4.69, 9.17) is 8.83 Å². The average molecular weight is 313 g/mol. The molecule has 0 aliphatic heterocycles. The maximum Gasteiger partial charge on any atom is 0.247 e. The van der Waals surface area contributed by atoms with E-state index < -0.39 is 0 Å². The third-order valence-corrected chi connectivity index (χ3v) is 3.86. The van der Waals surface area contributed by atoms with Crippen LogP contribution >= 0.6 is 11.3 Å². The van der Waals surface area contributed by atoms with Gasteiger partial charge >= 0.3 is 0 Å². The topological polar surface area (TPSA) is 46.6 Å². The van der Waals surface area contributed by atoms with E-state index in [1.165, 1.54) is 6.08 Å². The number of carbonyl (C=O) groups excluding carboxylic acids is 1. The van der Waals surface area contributed by atoms with Gasteiger partial charge in [-0.2, -0.15) is 11.3 Å². The van der Waals surface area contributed by atoms with Crippen molar-refractivity contribution in [2.75, 3.05) is 0 Å². The molecular formula is C17H15NO3S. The second kappa shape index (κ2) is 6.95. The highest BCUT2D eigenvalue weighted by molar-refractivity contribution is 7.07. The first-order valence-electron chi connectivity index (χ1n) is 6.85. The second-order valence-corrected chi connectivity index (χ2v) is 5.53. The van der Waals surface area contributed by atoms with Gasteiger partial charge in [0.05, 0.1) is 19.1 Å². The van der Waals surface area contributed by atoms with E-state index in [-0.39, 0.29) is 5.91 Å². The van der Waals surface area contributed by atoms with Gasteiger partial charge in [-0.05, 0) is 52.7 Å². The monoisotopic (exact) mass is 313 g/mol. The van der Waals surface area contributed by atoms with Crippen LogP contribution in [0.1, 0.15) is 17.1 Å². The summed E-state index contributed by atoms with van der Waals surface area (Å²) in [4.78, 5) is 14.2. The van der Waals surface area contributed by atoms with Gasteiger partial charge < -0.3 is 13.7 Å². The zero-order chi connectivity index (χ0) is 15.2. The molecule has 0 atom stereocenters. The zero-order valence-electron chi connectivity index (χ0n) is 11.8. The predicted octanol–water partition coefficient (Wildman–Crippen LogP) is 4.18. The van der Waals surface area contributed by atoms with Crippen molar-refractivity contribution in [2.24, 2.45) is 0 Å². The summed E-state index contributed by atoms with van der Waals surface area (Å²) >= 11 is 1.62. The molecule has 3 aromatic heterocycles. The fourth-order valence-electron chi connectivity index (χ4n) is 2.05. The van der Waals surface area contributed by atoms with Crippen LogP contribution < -0.4 is 0 Å². The number of hydrogen-bond donors (Lipinski definition) is 0. The molecule has 0 radical (unpaired) electrons. The molecule has 3 heterocycles. The molecule has 3 rings (SSSR count). The highest BCUT2D eigenvalue weighted by Crippen LogP contribution is 2.14. The van der Waals surface area contributed by atoms with Crippen molar-refractivity contribution in [3.63, 3.8) is 0 Å². The molecule has 0 unspecified atom stereocenters. The van der Waals surface area contributed by atoms with E-state index in [1.807, 2.05) is 29.0 Å². The van der Waals surface area contributed by atoms with Gasteiger partial charge in [-0.15, -0.1) is 0 Å². The quantitative estimate of drug-likeness (QED) is 0.641. The van der Waals surface area contributed by atoms with Crippen LogP contribution in [0.4, 0.5) is 0 Å². The van der Waals surface area contributed by atoms with Crippen LogP contribution in [-0.4, -0.2) is 10.8 Å². The molecule has 0 aliphatic rings. The van der Waals surface area contributed by atoms with Gasteiger partial charge in [-0.25, -0.2) is 0 Å². The first kappa shape index (κ1) is 14.4. The lowest BCUT2D eigenvalue weighted by atomic mass is 10.2. The normalized spacial score (nSPS) is 11.1. The van der Waals surface area contributed by atoms with Crippen molar-refractivity contribution in [3.05, 3.63) is 76.8 Å². The van der Waals surface area contributed by atoms with Gasteiger partial charge in [0.2, 0.25) is 5.91 Å². The van der Waals surface area contributed by atoms with Crippen molar-refractivity contribution >= 4 is 23.3 Å². The molecule has 0 spiro atoms. The van der Waals surface area contributed by atoms with Crippen LogP contribution in [0.5, 0.6) is 0 Å². The molecule has 4 nitrogen and oxygen atoms in total. The van der Waals surface area contributed by atoms with E-state index in [1.54, 1.807) is 47.0 Å². The van der Waals surface area contributed by atoms with E-state index in [9.17, 15) is 4.79 Å². The van der Waals surface area contributed by atoms with Gasteiger partial charge in [-0.3, -0.25) is 4.79 Å². The van der Waals surface area contributed by atoms with Gasteiger partial charge in [0.1, 0.15) is 11.5 Å². The smallest absolute Gasteiger partial charge is 0.247 e. The Balaban J connectivity index is 1.73. The first-order valence-corrected chi connectivity index (χ1v) is 7.79. The van der Waals surface area contributed by atoms with Crippen molar-refractivity contribution in [3.8, 4) is 0 Å². The fourth-order valence-corrected chi connectivity index (χ4v) is 2.71. The number of furan rings is 2. The summed E-state index contributed by atoms with van der Waals surface area (Å²) in [5, 5.41) is 4.04. The molecule has 112 valence electrons. The van der Waals surface area contributed by atoms with Crippen LogP contribution in [0.25, 0.3) is 6.08 Å². The molecule has 22 heavy (non-hydrogen) atoms. The van der Waals surface area contributed by atoms with Gasteiger partial charge in [-0.1, -0.05) is 0 Å². The molecule has 0 fully saturated rings. The molecule has 5 heteroatoms. The number of rotatable bonds is 6. The largest absolute Gasteiger partial charge is 0.467 e. The third kappa shape index (κ3) is 3.77. The number of nitrogens with zero attached hydrogens (tertiary/aromatic N) is 1. The second-order valence-electron chi connectivity index (χ2n) is 4.75. The lowest BCUT2D eigenvalue weighted by Gasteiger charge is -2.19. The predicted molar refractivity (Wildman–Crippen MR) is 85.0 cm³/mol. The Morgan fingerprint density at radius 2 is 2.00 bits per heavy atom. The summed E-state index contributed by atoms with van der Waals surface area (Å²) in [7, 11) is 0. The third-order valence-electron chi connectivity index (χ3n) is 3.13. The lowest BCUT2D eigenvalue weighted by Crippen LogP contribution is -2.28. The van der Waals surface area contributed by atoms with Crippen LogP contribution in [0, 0.1) is 0 Å². The highest BCUT2D eigenvalue weighted by Gasteiger charge is 2.14. The molecule has 1 amide bonds. The Morgan fingerprint density at radius 3 is 2.68 bits per heavy atom. The number of carbonyl (C=O) groups is 1. The van der Waals surface area contributed by atoms with Crippen molar-refractivity contribution in [2.45, 2.75) is 13.1 Å². The van der Waals surface area contributed by atoms with Crippen molar-refractivity contribution < 1.29 is 13.6 Å². The van der Waals surface area contributed by atoms with Gasteiger partial charge in [0.25, 0.3) is 0 Å². The molecule has 0 bridgehead atoms. The standard InChI is InChI=1S/C17H15NO3S/c19-17(6-5-15-3-1-8-20-15)18(11-14-7-10-22-13-14)12-16-4-2-9-21-16/h1-10,13H,11-12H2/b6-5+. The number of thiophene rings is 1. The minimum atomic E-state index is -0.0843. The minimum Gasteiger partial charge on any atom is -0.467 e. The Morgan fingerprint density at radius 1 is 1.14 bits per heavy atom. The summed E-state index contributed by atoms with van der Waals surface area (Å²) in [5.41, 5.74) is 1.11. The lowest BCUT2D eigenvalue weighted by molar-refractivity contribution is -0.127. The highest BCUT2D eigenvalue weighted by atomic mass is 32.1. The Labute approximate surface area is 132 Å². The van der Waals surface area contributed by atoms with Crippen molar-refractivity contribution in [1.82, 2.24) is 4.90 Å². The van der Waals surface area contributed by atoms with Crippen LogP contribution in [-0.2, 0) is 17.9 Å². The van der Waals surface area contributed by atoms with Crippen molar-refractivity contribution in [1.29, 1.82) is 0 Å². The fraction of sp³-hybridized carbons (Fsp3) is 0.118. The number of amides is 1. The molecule has 3 aromatic rings. The van der Waals surface area contributed by atoms with E-state index in [2.05, 4.69) is 0 Å². The minimum absolute atomic E-state index is 0.0843. The van der Waals surface area contributed by atoms with Crippen LogP contribution in [0.3, 0.4) is 0 Å². The summed E-state index contributed by atoms with van der Waals surface area (Å²) in [6, 6.07) is 9.30. The summed E-state index contributed by atoms with van der Waals surface area (Å²) in [6.45, 7) is 0.982. The zero-order valence-corrected chi connectivity index (χ0v) is 12.7. The molecule has 0 saturated heterocycles. The molecule has 0 N–H and O–H groups in total. The van der Waals surface area contributed by atoms with Crippen LogP contribution in [0.15, 0.2) is 68.5 Å². The summed E-state index contributed by atoms with van der Waals surface area (Å²) < 4.78 is 10.6. The Kier molecular flexibility index (Phi) is 4.56. The first-order chi connectivity index (χ1) is 10.8. The maximum atomic E-state index is 12.5. The summed E-state index contributed by atoms with van der Waals surface area (Å²) in [5.74, 6) is 1.33. The Bertz CT molecular complexity index is 676. The van der Waals surface area contributed by atoms with E-state index >= 15 is 0 Å². The summed E-state index contributed by atoms with van der Waals surface area (Å²) in [6.07, 6.45) is 6.39. The average Bonchev–Trinajstić information content (AvgIpc) is 3.27. The SMILES string of the molecule is O=C(/C=C/c1ccco1)N(Cc1ccsc1)Cc1ccco1. The van der Waals surface area contributed by atoms with Gasteiger partial charge in [0, 0.05) is 12.6 Å². The molecule has 0 aromatic carbocycles. The molecule has 0 saturated carbocycles. The van der Waals surface area contributed by atoms with E-state index in [0.29, 0.717) is 18.8 Å².